The Balaban J connectivity index is 2.25. The fraction of sp³-hybridized carbons (Fsp3) is 0.400. The molecule has 0 amide bonds. The minimum atomic E-state index is -0.374. The molecular formula is C10H11FO2. The summed E-state index contributed by atoms with van der Waals surface area (Å²) in [4.78, 5) is 0. The minimum absolute atomic E-state index is 0.203. The number of benzene rings is 1. The van der Waals surface area contributed by atoms with E-state index in [1.165, 1.54) is 13.2 Å². The van der Waals surface area contributed by atoms with Crippen LogP contribution in [0.15, 0.2) is 18.2 Å². The number of hydrogen-bond donors (Lipinski definition) is 0. The Hall–Kier alpha value is -1.25. The summed E-state index contributed by atoms with van der Waals surface area (Å²) in [7, 11) is 1.44. The number of ether oxygens (including phenoxy) is 2. The third-order valence-electron chi connectivity index (χ3n) is 1.95. The van der Waals surface area contributed by atoms with Crippen molar-refractivity contribution in [1.29, 1.82) is 0 Å². The van der Waals surface area contributed by atoms with Crippen molar-refractivity contribution in [2.45, 2.75) is 18.9 Å². The number of halogens is 1. The van der Waals surface area contributed by atoms with Crippen molar-refractivity contribution in [3.63, 3.8) is 0 Å². The van der Waals surface area contributed by atoms with Gasteiger partial charge in [0.05, 0.1) is 13.2 Å². The second-order valence-electron chi connectivity index (χ2n) is 3.09. The van der Waals surface area contributed by atoms with Crippen LogP contribution in [0.5, 0.6) is 11.5 Å². The first-order valence-electron chi connectivity index (χ1n) is 4.30. The van der Waals surface area contributed by atoms with Gasteiger partial charge in [-0.3, -0.25) is 0 Å². The van der Waals surface area contributed by atoms with Crippen molar-refractivity contribution >= 4 is 0 Å². The van der Waals surface area contributed by atoms with Crippen LogP contribution >= 0.6 is 0 Å². The predicted molar refractivity (Wildman–Crippen MR) is 46.6 cm³/mol. The standard InChI is InChI=1S/C10H11FO2/c1-12-10-8(11)3-2-4-9(10)13-7-5-6-7/h2-4,7H,5-6H2,1H3. The summed E-state index contributed by atoms with van der Waals surface area (Å²) in [6, 6.07) is 4.70. The van der Waals surface area contributed by atoms with Gasteiger partial charge >= 0.3 is 0 Å². The summed E-state index contributed by atoms with van der Waals surface area (Å²) < 4.78 is 23.5. The van der Waals surface area contributed by atoms with Gasteiger partial charge < -0.3 is 9.47 Å². The first kappa shape index (κ1) is 8.35. The normalized spacial score (nSPS) is 15.5. The van der Waals surface area contributed by atoms with E-state index < -0.39 is 0 Å². The fourth-order valence-electron chi connectivity index (χ4n) is 1.15. The Morgan fingerprint density at radius 2 is 2.15 bits per heavy atom. The molecule has 0 heterocycles. The molecule has 1 aromatic rings. The molecule has 0 N–H and O–H groups in total. The maximum Gasteiger partial charge on any atom is 0.196 e. The van der Waals surface area contributed by atoms with Gasteiger partial charge in [-0.15, -0.1) is 0 Å². The van der Waals surface area contributed by atoms with Gasteiger partial charge in [-0.05, 0) is 25.0 Å². The van der Waals surface area contributed by atoms with Crippen LogP contribution in [0.25, 0.3) is 0 Å². The smallest absolute Gasteiger partial charge is 0.196 e. The van der Waals surface area contributed by atoms with E-state index in [1.807, 2.05) is 0 Å². The van der Waals surface area contributed by atoms with E-state index in [9.17, 15) is 4.39 Å². The highest BCUT2D eigenvalue weighted by atomic mass is 19.1. The van der Waals surface area contributed by atoms with E-state index in [0.29, 0.717) is 5.75 Å². The average Bonchev–Trinajstić information content (AvgIpc) is 2.89. The molecule has 70 valence electrons. The third kappa shape index (κ3) is 1.74. The van der Waals surface area contributed by atoms with Crippen LogP contribution in [0.4, 0.5) is 4.39 Å². The van der Waals surface area contributed by atoms with Crippen LogP contribution < -0.4 is 9.47 Å². The third-order valence-corrected chi connectivity index (χ3v) is 1.95. The van der Waals surface area contributed by atoms with Crippen molar-refractivity contribution in [3.8, 4) is 11.5 Å². The molecule has 0 spiro atoms. The average molecular weight is 182 g/mol. The maximum atomic E-state index is 13.1. The van der Waals surface area contributed by atoms with Crippen molar-refractivity contribution in [2.75, 3.05) is 7.11 Å². The molecule has 1 fully saturated rings. The zero-order chi connectivity index (χ0) is 9.26. The summed E-state index contributed by atoms with van der Waals surface area (Å²) in [5.74, 6) is 0.333. The fourth-order valence-corrected chi connectivity index (χ4v) is 1.15. The van der Waals surface area contributed by atoms with E-state index in [2.05, 4.69) is 0 Å². The zero-order valence-corrected chi connectivity index (χ0v) is 7.42. The quantitative estimate of drug-likeness (QED) is 0.714. The van der Waals surface area contributed by atoms with E-state index in [4.69, 9.17) is 9.47 Å². The Kier molecular flexibility index (Phi) is 2.08. The number of rotatable bonds is 3. The lowest BCUT2D eigenvalue weighted by atomic mass is 10.3. The zero-order valence-electron chi connectivity index (χ0n) is 7.42. The van der Waals surface area contributed by atoms with Gasteiger partial charge in [-0.25, -0.2) is 4.39 Å². The monoisotopic (exact) mass is 182 g/mol. The topological polar surface area (TPSA) is 18.5 Å². The molecule has 0 radical (unpaired) electrons. The summed E-state index contributed by atoms with van der Waals surface area (Å²) in [6.45, 7) is 0. The number of hydrogen-bond acceptors (Lipinski definition) is 2. The highest BCUT2D eigenvalue weighted by Crippen LogP contribution is 2.34. The lowest BCUT2D eigenvalue weighted by molar-refractivity contribution is 0.275. The molecule has 0 aliphatic heterocycles. The molecule has 2 rings (SSSR count). The molecule has 0 atom stereocenters. The van der Waals surface area contributed by atoms with E-state index >= 15 is 0 Å². The first-order valence-corrected chi connectivity index (χ1v) is 4.30. The molecule has 0 bridgehead atoms. The van der Waals surface area contributed by atoms with Gasteiger partial charge in [-0.2, -0.15) is 0 Å². The second-order valence-corrected chi connectivity index (χ2v) is 3.09. The van der Waals surface area contributed by atoms with Crippen LogP contribution in [-0.4, -0.2) is 13.2 Å². The van der Waals surface area contributed by atoms with Gasteiger partial charge in [0.15, 0.2) is 17.3 Å². The van der Waals surface area contributed by atoms with Crippen LogP contribution in [0.2, 0.25) is 0 Å². The van der Waals surface area contributed by atoms with Gasteiger partial charge in [0.25, 0.3) is 0 Å². The van der Waals surface area contributed by atoms with Crippen LogP contribution in [-0.2, 0) is 0 Å². The van der Waals surface area contributed by atoms with Crippen molar-refractivity contribution in [3.05, 3.63) is 24.0 Å². The minimum Gasteiger partial charge on any atom is -0.490 e. The number of para-hydroxylation sites is 1. The molecule has 1 aliphatic carbocycles. The molecule has 1 aromatic carbocycles. The largest absolute Gasteiger partial charge is 0.490 e. The number of methoxy groups -OCH3 is 1. The van der Waals surface area contributed by atoms with Crippen molar-refractivity contribution in [2.24, 2.45) is 0 Å². The summed E-state index contributed by atoms with van der Waals surface area (Å²) >= 11 is 0. The predicted octanol–water partition coefficient (Wildman–Crippen LogP) is 2.38. The van der Waals surface area contributed by atoms with Gasteiger partial charge in [0.1, 0.15) is 0 Å². The Morgan fingerprint density at radius 3 is 2.77 bits per heavy atom. The lowest BCUT2D eigenvalue weighted by Crippen LogP contribution is -1.99. The maximum absolute atomic E-state index is 13.1. The van der Waals surface area contributed by atoms with Crippen LogP contribution in [0.1, 0.15) is 12.8 Å². The first-order chi connectivity index (χ1) is 6.31. The second kappa shape index (κ2) is 3.24. The molecule has 0 saturated heterocycles. The van der Waals surface area contributed by atoms with E-state index in [0.717, 1.165) is 12.8 Å². The molecule has 0 aromatic heterocycles. The summed E-state index contributed by atoms with van der Waals surface area (Å²) in [6.07, 6.45) is 2.37. The van der Waals surface area contributed by atoms with Crippen molar-refractivity contribution < 1.29 is 13.9 Å². The highest BCUT2D eigenvalue weighted by molar-refractivity contribution is 5.41. The van der Waals surface area contributed by atoms with Crippen molar-refractivity contribution in [1.82, 2.24) is 0 Å². The summed E-state index contributed by atoms with van der Waals surface area (Å²) in [5.41, 5.74) is 0. The molecule has 3 heteroatoms. The highest BCUT2D eigenvalue weighted by Gasteiger charge is 2.25. The molecule has 2 nitrogen and oxygen atoms in total. The molecule has 1 saturated carbocycles. The lowest BCUT2D eigenvalue weighted by Gasteiger charge is -2.09. The Bertz CT molecular complexity index is 308. The van der Waals surface area contributed by atoms with Gasteiger partial charge in [-0.1, -0.05) is 6.07 Å². The molecule has 13 heavy (non-hydrogen) atoms. The molecule has 0 unspecified atom stereocenters. The molecular weight excluding hydrogens is 171 g/mol. The van der Waals surface area contributed by atoms with E-state index in [-0.39, 0.29) is 17.7 Å². The Morgan fingerprint density at radius 1 is 1.38 bits per heavy atom. The molecule has 1 aliphatic rings. The SMILES string of the molecule is COc1c(F)cccc1OC1CC1. The summed E-state index contributed by atoms with van der Waals surface area (Å²) in [5, 5.41) is 0. The Labute approximate surface area is 76.3 Å². The van der Waals surface area contributed by atoms with Gasteiger partial charge in [0.2, 0.25) is 0 Å². The van der Waals surface area contributed by atoms with E-state index in [1.54, 1.807) is 12.1 Å². The van der Waals surface area contributed by atoms with Crippen LogP contribution in [0.3, 0.4) is 0 Å². The van der Waals surface area contributed by atoms with Crippen LogP contribution in [0, 0.1) is 5.82 Å². The van der Waals surface area contributed by atoms with Gasteiger partial charge in [0, 0.05) is 0 Å².